The Hall–Kier alpha value is -2.57. The molecule has 6 nitrogen and oxygen atoms in total. The molecule has 0 saturated carbocycles. The standard InChI is InChI=1S/C19H19Cl2N5O/c1-11-7-18(22)26(19(27)8-11)23-9-14-12(2)24-25(13(14)3)10-15-16(20)5-4-6-17(15)21/h4-9H,10,22H2,1-3H3. The van der Waals surface area contributed by atoms with E-state index in [4.69, 9.17) is 28.9 Å². The number of anilines is 1. The first kappa shape index (κ1) is 19.2. The van der Waals surface area contributed by atoms with Gasteiger partial charge in [0.25, 0.3) is 5.56 Å². The first-order valence-electron chi connectivity index (χ1n) is 8.28. The molecule has 0 unspecified atom stereocenters. The summed E-state index contributed by atoms with van der Waals surface area (Å²) < 4.78 is 2.97. The van der Waals surface area contributed by atoms with E-state index in [0.29, 0.717) is 16.6 Å². The average molecular weight is 404 g/mol. The summed E-state index contributed by atoms with van der Waals surface area (Å²) in [7, 11) is 0. The number of rotatable bonds is 4. The number of hydrogen-bond acceptors (Lipinski definition) is 4. The third kappa shape index (κ3) is 3.91. The van der Waals surface area contributed by atoms with Crippen LogP contribution in [0.4, 0.5) is 5.82 Å². The van der Waals surface area contributed by atoms with Crippen LogP contribution in [0.3, 0.4) is 0 Å². The van der Waals surface area contributed by atoms with Gasteiger partial charge in [0, 0.05) is 32.9 Å². The molecule has 0 atom stereocenters. The molecular formula is C19H19Cl2N5O. The Balaban J connectivity index is 1.96. The number of hydrogen-bond donors (Lipinski definition) is 1. The molecule has 2 heterocycles. The summed E-state index contributed by atoms with van der Waals surface area (Å²) in [6.07, 6.45) is 1.59. The van der Waals surface area contributed by atoms with Crippen LogP contribution in [-0.2, 0) is 6.54 Å². The van der Waals surface area contributed by atoms with Crippen LogP contribution >= 0.6 is 23.2 Å². The maximum absolute atomic E-state index is 12.1. The number of pyridine rings is 1. The lowest BCUT2D eigenvalue weighted by atomic mass is 10.2. The van der Waals surface area contributed by atoms with E-state index in [1.54, 1.807) is 30.5 Å². The molecule has 0 radical (unpaired) electrons. The van der Waals surface area contributed by atoms with Crippen molar-refractivity contribution in [1.29, 1.82) is 0 Å². The smallest absolute Gasteiger partial charge is 0.273 e. The van der Waals surface area contributed by atoms with Gasteiger partial charge in [-0.3, -0.25) is 9.48 Å². The van der Waals surface area contributed by atoms with Gasteiger partial charge in [-0.2, -0.15) is 14.9 Å². The molecule has 140 valence electrons. The van der Waals surface area contributed by atoms with Gasteiger partial charge in [-0.05, 0) is 44.5 Å². The predicted molar refractivity (Wildman–Crippen MR) is 110 cm³/mol. The van der Waals surface area contributed by atoms with Crippen LogP contribution < -0.4 is 11.3 Å². The number of nitrogens with zero attached hydrogens (tertiary/aromatic N) is 4. The number of nitrogens with two attached hydrogens (primary N) is 1. The molecule has 2 aromatic heterocycles. The second-order valence-electron chi connectivity index (χ2n) is 6.29. The molecule has 2 N–H and O–H groups in total. The van der Waals surface area contributed by atoms with Gasteiger partial charge >= 0.3 is 0 Å². The number of benzene rings is 1. The highest BCUT2D eigenvalue weighted by Crippen LogP contribution is 2.26. The van der Waals surface area contributed by atoms with Crippen molar-refractivity contribution in [2.24, 2.45) is 5.10 Å². The zero-order chi connectivity index (χ0) is 19.7. The minimum absolute atomic E-state index is 0.279. The molecule has 0 saturated heterocycles. The Labute approximate surface area is 166 Å². The van der Waals surface area contributed by atoms with Gasteiger partial charge in [0.1, 0.15) is 5.82 Å². The van der Waals surface area contributed by atoms with E-state index in [-0.39, 0.29) is 11.4 Å². The Bertz CT molecular complexity index is 1080. The summed E-state index contributed by atoms with van der Waals surface area (Å²) in [4.78, 5) is 12.1. The number of nitrogen functional groups attached to an aromatic ring is 1. The Morgan fingerprint density at radius 2 is 1.85 bits per heavy atom. The molecule has 0 aliphatic rings. The summed E-state index contributed by atoms with van der Waals surface area (Å²) in [6, 6.07) is 8.57. The lowest BCUT2D eigenvalue weighted by molar-refractivity contribution is 0.659. The summed E-state index contributed by atoms with van der Waals surface area (Å²) in [5.74, 6) is 0.279. The lowest BCUT2D eigenvalue weighted by Gasteiger charge is -2.09. The van der Waals surface area contributed by atoms with E-state index in [9.17, 15) is 4.79 Å². The zero-order valence-electron chi connectivity index (χ0n) is 15.2. The van der Waals surface area contributed by atoms with Crippen LogP contribution in [0.1, 0.15) is 28.1 Å². The van der Waals surface area contributed by atoms with Gasteiger partial charge < -0.3 is 5.73 Å². The van der Waals surface area contributed by atoms with Crippen LogP contribution in [0.25, 0.3) is 0 Å². The lowest BCUT2D eigenvalue weighted by Crippen LogP contribution is -2.19. The molecule has 0 aliphatic carbocycles. The minimum Gasteiger partial charge on any atom is -0.384 e. The van der Waals surface area contributed by atoms with Gasteiger partial charge in [0.2, 0.25) is 0 Å². The van der Waals surface area contributed by atoms with Crippen molar-refractivity contribution in [1.82, 2.24) is 14.5 Å². The van der Waals surface area contributed by atoms with Crippen molar-refractivity contribution >= 4 is 35.2 Å². The molecule has 0 fully saturated rings. The highest BCUT2D eigenvalue weighted by molar-refractivity contribution is 6.35. The fourth-order valence-corrected chi connectivity index (χ4v) is 3.36. The van der Waals surface area contributed by atoms with Crippen LogP contribution in [0, 0.1) is 20.8 Å². The van der Waals surface area contributed by atoms with E-state index < -0.39 is 0 Å². The van der Waals surface area contributed by atoms with Crippen molar-refractivity contribution < 1.29 is 0 Å². The Kier molecular flexibility index (Phi) is 5.39. The number of halogens is 2. The van der Waals surface area contributed by atoms with Crippen LogP contribution in [0.5, 0.6) is 0 Å². The highest BCUT2D eigenvalue weighted by atomic mass is 35.5. The van der Waals surface area contributed by atoms with E-state index in [1.807, 2.05) is 25.5 Å². The molecule has 8 heteroatoms. The number of aryl methyl sites for hydroxylation is 2. The van der Waals surface area contributed by atoms with Crippen LogP contribution in [0.15, 0.2) is 40.2 Å². The molecular weight excluding hydrogens is 385 g/mol. The van der Waals surface area contributed by atoms with Gasteiger partial charge in [0.05, 0.1) is 18.5 Å². The van der Waals surface area contributed by atoms with Crippen molar-refractivity contribution in [3.05, 3.63) is 78.8 Å². The van der Waals surface area contributed by atoms with E-state index in [2.05, 4.69) is 10.2 Å². The predicted octanol–water partition coefficient (Wildman–Crippen LogP) is 3.79. The Morgan fingerprint density at radius 1 is 1.19 bits per heavy atom. The summed E-state index contributed by atoms with van der Waals surface area (Å²) in [5.41, 5.74) is 9.68. The second-order valence-corrected chi connectivity index (χ2v) is 7.11. The molecule has 0 aliphatic heterocycles. The van der Waals surface area contributed by atoms with Crippen molar-refractivity contribution in [2.45, 2.75) is 27.3 Å². The molecule has 3 aromatic rings. The SMILES string of the molecule is Cc1cc(N)n(N=Cc2c(C)nn(Cc3c(Cl)cccc3Cl)c2C)c(=O)c1. The van der Waals surface area contributed by atoms with Gasteiger partial charge in [-0.15, -0.1) is 0 Å². The van der Waals surface area contributed by atoms with Gasteiger partial charge in [-0.25, -0.2) is 0 Å². The second kappa shape index (κ2) is 7.58. The first-order valence-corrected chi connectivity index (χ1v) is 9.04. The molecule has 0 bridgehead atoms. The average Bonchev–Trinajstić information content (AvgIpc) is 2.84. The quantitative estimate of drug-likeness (QED) is 0.672. The molecule has 0 spiro atoms. The summed E-state index contributed by atoms with van der Waals surface area (Å²) in [5, 5.41) is 9.97. The van der Waals surface area contributed by atoms with E-state index in [1.165, 1.54) is 6.07 Å². The third-order valence-electron chi connectivity index (χ3n) is 4.29. The first-order chi connectivity index (χ1) is 12.8. The molecule has 3 rings (SSSR count). The fraction of sp³-hybridized carbons (Fsp3) is 0.211. The van der Waals surface area contributed by atoms with Crippen LogP contribution in [-0.4, -0.2) is 20.7 Å². The highest BCUT2D eigenvalue weighted by Gasteiger charge is 2.13. The summed E-state index contributed by atoms with van der Waals surface area (Å²) >= 11 is 12.5. The van der Waals surface area contributed by atoms with Crippen LogP contribution in [0.2, 0.25) is 10.0 Å². The van der Waals surface area contributed by atoms with Crippen molar-refractivity contribution in [3.8, 4) is 0 Å². The zero-order valence-corrected chi connectivity index (χ0v) is 16.7. The van der Waals surface area contributed by atoms with Gasteiger partial charge in [0.15, 0.2) is 0 Å². The third-order valence-corrected chi connectivity index (χ3v) is 5.00. The van der Waals surface area contributed by atoms with Crippen molar-refractivity contribution in [3.63, 3.8) is 0 Å². The minimum atomic E-state index is -0.283. The molecule has 0 amide bonds. The largest absolute Gasteiger partial charge is 0.384 e. The van der Waals surface area contributed by atoms with Gasteiger partial charge in [-0.1, -0.05) is 29.3 Å². The maximum Gasteiger partial charge on any atom is 0.273 e. The fourth-order valence-electron chi connectivity index (χ4n) is 2.84. The molecule has 1 aromatic carbocycles. The van der Waals surface area contributed by atoms with E-state index >= 15 is 0 Å². The Morgan fingerprint density at radius 3 is 2.48 bits per heavy atom. The monoisotopic (exact) mass is 403 g/mol. The van der Waals surface area contributed by atoms with E-state index in [0.717, 1.165) is 32.8 Å². The maximum atomic E-state index is 12.1. The summed E-state index contributed by atoms with van der Waals surface area (Å²) in [6.45, 7) is 6.04. The molecule has 27 heavy (non-hydrogen) atoms. The number of aromatic nitrogens is 3. The normalized spacial score (nSPS) is 11.4. The van der Waals surface area contributed by atoms with Crippen molar-refractivity contribution in [2.75, 3.05) is 5.73 Å². The topological polar surface area (TPSA) is 78.2 Å².